The number of amides is 3. The molecular formula is C18H18FN3O3. The Morgan fingerprint density at radius 2 is 1.76 bits per heavy atom. The molecule has 1 fully saturated rings. The fourth-order valence-electron chi connectivity index (χ4n) is 2.67. The Balaban J connectivity index is 1.86. The van der Waals surface area contributed by atoms with Gasteiger partial charge in [-0.25, -0.2) is 9.18 Å². The molecular weight excluding hydrogens is 325 g/mol. The molecule has 0 radical (unpaired) electrons. The molecule has 0 aliphatic carbocycles. The molecule has 7 heteroatoms. The largest absolute Gasteiger partial charge is 0.497 e. The van der Waals surface area contributed by atoms with Gasteiger partial charge in [-0.2, -0.15) is 0 Å². The average molecular weight is 343 g/mol. The van der Waals surface area contributed by atoms with Crippen LogP contribution in [-0.4, -0.2) is 31.6 Å². The van der Waals surface area contributed by atoms with E-state index in [2.05, 4.69) is 16.0 Å². The first kappa shape index (κ1) is 16.8. The molecule has 1 aliphatic rings. The fourth-order valence-corrected chi connectivity index (χ4v) is 2.67. The summed E-state index contributed by atoms with van der Waals surface area (Å²) in [7, 11) is 1.57. The molecule has 2 aromatic rings. The number of hydrogen-bond acceptors (Lipinski definition) is 3. The van der Waals surface area contributed by atoms with Crippen molar-refractivity contribution >= 4 is 11.9 Å². The van der Waals surface area contributed by atoms with Gasteiger partial charge in [0.05, 0.1) is 13.2 Å². The molecule has 25 heavy (non-hydrogen) atoms. The Morgan fingerprint density at radius 1 is 1.16 bits per heavy atom. The second-order valence-corrected chi connectivity index (χ2v) is 5.67. The predicted molar refractivity (Wildman–Crippen MR) is 89.7 cm³/mol. The van der Waals surface area contributed by atoms with Crippen molar-refractivity contribution in [3.05, 3.63) is 65.5 Å². The summed E-state index contributed by atoms with van der Waals surface area (Å²) in [5.41, 5.74) is 1.55. The van der Waals surface area contributed by atoms with E-state index < -0.39 is 12.1 Å². The highest BCUT2D eigenvalue weighted by atomic mass is 19.1. The monoisotopic (exact) mass is 343 g/mol. The van der Waals surface area contributed by atoms with Gasteiger partial charge in [-0.1, -0.05) is 24.3 Å². The first-order valence-electron chi connectivity index (χ1n) is 7.81. The molecule has 0 aromatic heterocycles. The predicted octanol–water partition coefficient (Wildman–Crippen LogP) is 1.72. The summed E-state index contributed by atoms with van der Waals surface area (Å²) in [5, 5.41) is 8.01. The van der Waals surface area contributed by atoms with Crippen LogP contribution in [0, 0.1) is 5.82 Å². The Hall–Kier alpha value is -3.09. The van der Waals surface area contributed by atoms with Gasteiger partial charge in [-0.05, 0) is 35.4 Å². The van der Waals surface area contributed by atoms with Crippen molar-refractivity contribution in [2.45, 2.75) is 12.1 Å². The maximum atomic E-state index is 13.2. The first-order valence-corrected chi connectivity index (χ1v) is 7.81. The number of urea groups is 1. The van der Waals surface area contributed by atoms with Crippen LogP contribution in [0.25, 0.3) is 0 Å². The number of hydrogen-bond donors (Lipinski definition) is 3. The highest BCUT2D eigenvalue weighted by Crippen LogP contribution is 2.24. The van der Waals surface area contributed by atoms with E-state index >= 15 is 0 Å². The molecule has 1 aliphatic heterocycles. The zero-order valence-electron chi connectivity index (χ0n) is 13.6. The Kier molecular flexibility index (Phi) is 4.83. The summed E-state index contributed by atoms with van der Waals surface area (Å²) < 4.78 is 18.4. The third kappa shape index (κ3) is 3.88. The molecule has 0 saturated carbocycles. The van der Waals surface area contributed by atoms with E-state index in [1.54, 1.807) is 31.4 Å². The van der Waals surface area contributed by atoms with Gasteiger partial charge in [0.25, 0.3) is 0 Å². The minimum atomic E-state index is -0.645. The third-order valence-corrected chi connectivity index (χ3v) is 4.03. The van der Waals surface area contributed by atoms with Crippen LogP contribution in [-0.2, 0) is 4.79 Å². The second kappa shape index (κ2) is 7.21. The molecule has 2 atom stereocenters. The van der Waals surface area contributed by atoms with E-state index in [0.29, 0.717) is 5.75 Å². The van der Waals surface area contributed by atoms with E-state index in [4.69, 9.17) is 4.74 Å². The molecule has 3 rings (SSSR count). The number of ether oxygens (including phenoxy) is 1. The van der Waals surface area contributed by atoms with Crippen LogP contribution in [0.4, 0.5) is 9.18 Å². The Labute approximate surface area is 144 Å². The molecule has 6 nitrogen and oxygen atoms in total. The summed E-state index contributed by atoms with van der Waals surface area (Å²) in [6.45, 7) is 0.226. The minimum Gasteiger partial charge on any atom is -0.497 e. The van der Waals surface area contributed by atoms with Gasteiger partial charge in [0.1, 0.15) is 17.6 Å². The van der Waals surface area contributed by atoms with Crippen LogP contribution >= 0.6 is 0 Å². The SMILES string of the molecule is COc1ccc([C@@H](NC(=O)[C@H]2CNC(=O)N2)c2ccc(F)cc2)cc1. The summed E-state index contributed by atoms with van der Waals surface area (Å²) >= 11 is 0. The number of methoxy groups -OCH3 is 1. The van der Waals surface area contributed by atoms with Crippen LogP contribution in [0.5, 0.6) is 5.75 Å². The summed E-state index contributed by atoms with van der Waals surface area (Å²) in [5.74, 6) is 0.0273. The summed E-state index contributed by atoms with van der Waals surface area (Å²) in [6.07, 6.45) is 0. The number of halogens is 1. The van der Waals surface area contributed by atoms with Crippen LogP contribution in [0.2, 0.25) is 0 Å². The Bertz CT molecular complexity index is 762. The zero-order valence-corrected chi connectivity index (χ0v) is 13.6. The van der Waals surface area contributed by atoms with E-state index in [1.165, 1.54) is 12.1 Å². The molecule has 1 saturated heterocycles. The normalized spacial score (nSPS) is 17.4. The number of benzene rings is 2. The second-order valence-electron chi connectivity index (χ2n) is 5.67. The quantitative estimate of drug-likeness (QED) is 0.773. The van der Waals surface area contributed by atoms with Crippen molar-refractivity contribution < 1.29 is 18.7 Å². The molecule has 0 bridgehead atoms. The molecule has 1 heterocycles. The van der Waals surface area contributed by atoms with Crippen molar-refractivity contribution in [3.63, 3.8) is 0 Å². The number of nitrogens with one attached hydrogen (secondary N) is 3. The highest BCUT2D eigenvalue weighted by Gasteiger charge is 2.29. The lowest BCUT2D eigenvalue weighted by Crippen LogP contribution is -2.44. The van der Waals surface area contributed by atoms with Gasteiger partial charge >= 0.3 is 6.03 Å². The van der Waals surface area contributed by atoms with Gasteiger partial charge in [-0.3, -0.25) is 4.79 Å². The molecule has 3 N–H and O–H groups in total. The van der Waals surface area contributed by atoms with Gasteiger partial charge in [0.15, 0.2) is 0 Å². The van der Waals surface area contributed by atoms with E-state index in [9.17, 15) is 14.0 Å². The van der Waals surface area contributed by atoms with Crippen LogP contribution < -0.4 is 20.7 Å². The number of rotatable bonds is 5. The fraction of sp³-hybridized carbons (Fsp3) is 0.222. The maximum absolute atomic E-state index is 13.2. The third-order valence-electron chi connectivity index (χ3n) is 4.03. The Morgan fingerprint density at radius 3 is 2.28 bits per heavy atom. The van der Waals surface area contributed by atoms with E-state index in [1.807, 2.05) is 12.1 Å². The summed E-state index contributed by atoms with van der Waals surface area (Å²) in [4.78, 5) is 23.7. The minimum absolute atomic E-state index is 0.226. The smallest absolute Gasteiger partial charge is 0.315 e. The average Bonchev–Trinajstić information content (AvgIpc) is 3.07. The molecule has 3 amide bonds. The lowest BCUT2D eigenvalue weighted by atomic mass is 9.98. The van der Waals surface area contributed by atoms with Crippen molar-refractivity contribution in [3.8, 4) is 5.75 Å². The van der Waals surface area contributed by atoms with Crippen molar-refractivity contribution in [1.82, 2.24) is 16.0 Å². The first-order chi connectivity index (χ1) is 12.1. The summed E-state index contributed by atoms with van der Waals surface area (Å²) in [6, 6.07) is 11.7. The van der Waals surface area contributed by atoms with Crippen LogP contribution in [0.3, 0.4) is 0 Å². The molecule has 0 unspecified atom stereocenters. The lowest BCUT2D eigenvalue weighted by Gasteiger charge is -2.22. The zero-order chi connectivity index (χ0) is 17.8. The van der Waals surface area contributed by atoms with Gasteiger partial charge in [0.2, 0.25) is 5.91 Å². The van der Waals surface area contributed by atoms with Gasteiger partial charge < -0.3 is 20.7 Å². The highest BCUT2D eigenvalue weighted by molar-refractivity contribution is 5.90. The van der Waals surface area contributed by atoms with Crippen LogP contribution in [0.15, 0.2) is 48.5 Å². The van der Waals surface area contributed by atoms with Crippen molar-refractivity contribution in [1.29, 1.82) is 0 Å². The number of carbonyl (C=O) groups excluding carboxylic acids is 2. The topological polar surface area (TPSA) is 79.5 Å². The van der Waals surface area contributed by atoms with E-state index in [0.717, 1.165) is 11.1 Å². The van der Waals surface area contributed by atoms with Gasteiger partial charge in [0, 0.05) is 6.54 Å². The number of carbonyl (C=O) groups is 2. The standard InChI is InChI=1S/C18H18FN3O3/c1-25-14-8-4-12(5-9-14)16(11-2-6-13(19)7-3-11)22-17(23)15-10-20-18(24)21-15/h2-9,15-16H,10H2,1H3,(H,22,23)(H2,20,21,24)/t15-,16+/m1/s1. The van der Waals surface area contributed by atoms with Gasteiger partial charge in [-0.15, -0.1) is 0 Å². The maximum Gasteiger partial charge on any atom is 0.315 e. The lowest BCUT2D eigenvalue weighted by molar-refractivity contribution is -0.122. The molecule has 130 valence electrons. The van der Waals surface area contributed by atoms with E-state index in [-0.39, 0.29) is 24.3 Å². The van der Waals surface area contributed by atoms with Crippen molar-refractivity contribution in [2.24, 2.45) is 0 Å². The van der Waals surface area contributed by atoms with Crippen LogP contribution in [0.1, 0.15) is 17.2 Å². The molecule has 0 spiro atoms. The van der Waals surface area contributed by atoms with Crippen molar-refractivity contribution in [2.75, 3.05) is 13.7 Å². The molecule has 2 aromatic carbocycles.